The summed E-state index contributed by atoms with van der Waals surface area (Å²) in [7, 11) is 0. The lowest BCUT2D eigenvalue weighted by Crippen LogP contribution is -2.40. The Labute approximate surface area is 112 Å². The molecule has 0 saturated heterocycles. The summed E-state index contributed by atoms with van der Waals surface area (Å²) < 4.78 is 5.88. The molecule has 0 aromatic heterocycles. The number of hydrogen-bond donors (Lipinski definition) is 1. The maximum atomic E-state index is 11.4. The highest BCUT2D eigenvalue weighted by atomic mass is 16.5. The van der Waals surface area contributed by atoms with Crippen LogP contribution in [0.1, 0.15) is 18.4 Å². The first-order chi connectivity index (χ1) is 9.30. The Morgan fingerprint density at radius 1 is 1.26 bits per heavy atom. The van der Waals surface area contributed by atoms with Crippen molar-refractivity contribution in [2.75, 3.05) is 13.3 Å². The van der Waals surface area contributed by atoms with Gasteiger partial charge in [0, 0.05) is 12.1 Å². The molecule has 0 bridgehead atoms. The Kier molecular flexibility index (Phi) is 2.27. The molecule has 2 heterocycles. The molecule has 1 aliphatic carbocycles. The van der Waals surface area contributed by atoms with Gasteiger partial charge >= 0.3 is 0 Å². The van der Waals surface area contributed by atoms with Crippen molar-refractivity contribution in [3.63, 3.8) is 0 Å². The third-order valence-electron chi connectivity index (χ3n) is 4.29. The first-order valence-electron chi connectivity index (χ1n) is 6.87. The normalized spacial score (nSPS) is 28.9. The molecule has 4 rings (SSSR count). The van der Waals surface area contributed by atoms with Gasteiger partial charge in [-0.2, -0.15) is 0 Å². The SMILES string of the molecule is OC1(C2CC2)C2=CC=CCN2COc2ccccc21. The number of nitrogens with zero attached hydrogens (tertiary/aromatic N) is 1. The zero-order valence-corrected chi connectivity index (χ0v) is 10.7. The number of benzene rings is 1. The zero-order chi connectivity index (χ0) is 12.9. The van der Waals surface area contributed by atoms with Crippen LogP contribution in [0.5, 0.6) is 5.75 Å². The first-order valence-corrected chi connectivity index (χ1v) is 6.87. The van der Waals surface area contributed by atoms with E-state index in [4.69, 9.17) is 4.74 Å². The lowest BCUT2D eigenvalue weighted by atomic mass is 9.83. The molecule has 0 amide bonds. The average Bonchev–Trinajstić information content (AvgIpc) is 3.29. The highest BCUT2D eigenvalue weighted by Crippen LogP contribution is 2.54. The third-order valence-corrected chi connectivity index (χ3v) is 4.29. The minimum atomic E-state index is -0.891. The van der Waals surface area contributed by atoms with Gasteiger partial charge in [-0.15, -0.1) is 0 Å². The second-order valence-corrected chi connectivity index (χ2v) is 5.51. The van der Waals surface area contributed by atoms with Crippen molar-refractivity contribution in [2.24, 2.45) is 5.92 Å². The Morgan fingerprint density at radius 2 is 2.11 bits per heavy atom. The fourth-order valence-corrected chi connectivity index (χ4v) is 3.16. The maximum absolute atomic E-state index is 11.4. The molecule has 19 heavy (non-hydrogen) atoms. The van der Waals surface area contributed by atoms with E-state index in [9.17, 15) is 5.11 Å². The number of allylic oxidation sites excluding steroid dienone is 2. The van der Waals surface area contributed by atoms with Crippen molar-refractivity contribution in [1.82, 2.24) is 4.90 Å². The predicted molar refractivity (Wildman–Crippen MR) is 72.5 cm³/mol. The number of rotatable bonds is 1. The highest BCUT2D eigenvalue weighted by Gasteiger charge is 2.51. The molecule has 3 nitrogen and oxygen atoms in total. The van der Waals surface area contributed by atoms with Crippen molar-refractivity contribution < 1.29 is 9.84 Å². The van der Waals surface area contributed by atoms with Gasteiger partial charge in [0.15, 0.2) is 6.73 Å². The predicted octanol–water partition coefficient (Wildman–Crippen LogP) is 2.39. The van der Waals surface area contributed by atoms with E-state index in [2.05, 4.69) is 11.0 Å². The number of para-hydroxylation sites is 1. The van der Waals surface area contributed by atoms with E-state index >= 15 is 0 Å². The Morgan fingerprint density at radius 3 is 2.95 bits per heavy atom. The molecule has 1 aromatic rings. The summed E-state index contributed by atoms with van der Waals surface area (Å²) in [6, 6.07) is 7.89. The monoisotopic (exact) mass is 255 g/mol. The second kappa shape index (κ2) is 3.87. The highest BCUT2D eigenvalue weighted by molar-refractivity contribution is 5.47. The van der Waals surface area contributed by atoms with Crippen LogP contribution in [-0.2, 0) is 5.60 Å². The molecule has 2 aliphatic heterocycles. The molecule has 3 heteroatoms. The van der Waals surface area contributed by atoms with Crippen LogP contribution in [-0.4, -0.2) is 23.3 Å². The molecule has 1 unspecified atom stereocenters. The van der Waals surface area contributed by atoms with Crippen LogP contribution in [0.3, 0.4) is 0 Å². The van der Waals surface area contributed by atoms with Crippen molar-refractivity contribution in [2.45, 2.75) is 18.4 Å². The van der Waals surface area contributed by atoms with E-state index in [1.54, 1.807) is 0 Å². The molecule has 1 aromatic carbocycles. The summed E-state index contributed by atoms with van der Waals surface area (Å²) in [5.41, 5.74) is 1.02. The van der Waals surface area contributed by atoms with E-state index in [1.807, 2.05) is 36.4 Å². The summed E-state index contributed by atoms with van der Waals surface area (Å²) >= 11 is 0. The van der Waals surface area contributed by atoms with Gasteiger partial charge in [-0.05, 0) is 30.9 Å². The average molecular weight is 255 g/mol. The van der Waals surface area contributed by atoms with E-state index in [-0.39, 0.29) is 0 Å². The summed E-state index contributed by atoms with van der Waals surface area (Å²) in [4.78, 5) is 2.12. The van der Waals surface area contributed by atoms with Crippen molar-refractivity contribution >= 4 is 0 Å². The van der Waals surface area contributed by atoms with Gasteiger partial charge in [0.25, 0.3) is 0 Å². The van der Waals surface area contributed by atoms with Gasteiger partial charge in [-0.25, -0.2) is 0 Å². The lowest BCUT2D eigenvalue weighted by Gasteiger charge is -2.36. The Hall–Kier alpha value is -1.74. The van der Waals surface area contributed by atoms with E-state index < -0.39 is 5.60 Å². The molecule has 1 atom stereocenters. The molecular formula is C16H17NO2. The van der Waals surface area contributed by atoms with Gasteiger partial charge in [0.05, 0.1) is 5.70 Å². The smallest absolute Gasteiger partial charge is 0.161 e. The van der Waals surface area contributed by atoms with E-state index in [0.29, 0.717) is 12.6 Å². The molecule has 98 valence electrons. The number of ether oxygens (including phenoxy) is 1. The van der Waals surface area contributed by atoms with Crippen molar-refractivity contribution in [3.8, 4) is 5.75 Å². The Balaban J connectivity index is 1.93. The van der Waals surface area contributed by atoms with Gasteiger partial charge in [-0.1, -0.05) is 30.4 Å². The maximum Gasteiger partial charge on any atom is 0.161 e. The second-order valence-electron chi connectivity index (χ2n) is 5.51. The summed E-state index contributed by atoms with van der Waals surface area (Å²) in [5, 5.41) is 11.4. The number of hydrogen-bond acceptors (Lipinski definition) is 3. The van der Waals surface area contributed by atoms with Gasteiger partial charge in [-0.3, -0.25) is 0 Å². The topological polar surface area (TPSA) is 32.7 Å². The van der Waals surface area contributed by atoms with E-state index in [0.717, 1.165) is 36.4 Å². The minimum absolute atomic E-state index is 0.315. The molecule has 0 radical (unpaired) electrons. The van der Waals surface area contributed by atoms with Gasteiger partial charge in [0.1, 0.15) is 11.4 Å². The molecular weight excluding hydrogens is 238 g/mol. The number of fused-ring (bicyclic) bond motifs is 2. The minimum Gasteiger partial charge on any atom is -0.473 e. The van der Waals surface area contributed by atoms with Crippen LogP contribution in [0, 0.1) is 5.92 Å². The molecule has 1 saturated carbocycles. The van der Waals surface area contributed by atoms with Crippen LogP contribution in [0.25, 0.3) is 0 Å². The summed E-state index contributed by atoms with van der Waals surface area (Å²) in [6.07, 6.45) is 8.33. The standard InChI is InChI=1S/C16H17NO2/c18-16(12-8-9-12)13-5-1-2-6-14(13)19-11-17-10-4-3-7-15(16)17/h1-7,12,18H,8-11H2. The van der Waals surface area contributed by atoms with Gasteiger partial charge in [0.2, 0.25) is 0 Å². The first kappa shape index (κ1) is 11.1. The van der Waals surface area contributed by atoms with Crippen LogP contribution >= 0.6 is 0 Å². The van der Waals surface area contributed by atoms with Crippen LogP contribution < -0.4 is 4.74 Å². The van der Waals surface area contributed by atoms with Crippen LogP contribution in [0.2, 0.25) is 0 Å². The third kappa shape index (κ3) is 1.55. The molecule has 3 aliphatic rings. The van der Waals surface area contributed by atoms with Crippen LogP contribution in [0.15, 0.2) is 48.2 Å². The molecule has 1 fully saturated rings. The fraction of sp³-hybridized carbons (Fsp3) is 0.375. The quantitative estimate of drug-likeness (QED) is 0.836. The zero-order valence-electron chi connectivity index (χ0n) is 10.7. The largest absolute Gasteiger partial charge is 0.473 e. The molecule has 1 N–H and O–H groups in total. The van der Waals surface area contributed by atoms with Crippen molar-refractivity contribution in [1.29, 1.82) is 0 Å². The van der Waals surface area contributed by atoms with Crippen LogP contribution in [0.4, 0.5) is 0 Å². The lowest BCUT2D eigenvalue weighted by molar-refractivity contribution is 0.0220. The Bertz CT molecular complexity index is 574. The van der Waals surface area contributed by atoms with E-state index in [1.165, 1.54) is 0 Å². The fourth-order valence-electron chi connectivity index (χ4n) is 3.16. The summed E-state index contributed by atoms with van der Waals surface area (Å²) in [6.45, 7) is 1.30. The van der Waals surface area contributed by atoms with Gasteiger partial charge < -0.3 is 14.7 Å². The van der Waals surface area contributed by atoms with Crippen molar-refractivity contribution in [3.05, 3.63) is 53.8 Å². The summed E-state index contributed by atoms with van der Waals surface area (Å²) in [5.74, 6) is 1.13. The molecule has 0 spiro atoms. The number of aliphatic hydroxyl groups is 1.